The van der Waals surface area contributed by atoms with Crippen molar-refractivity contribution in [2.75, 3.05) is 5.32 Å². The number of para-hydroxylation sites is 1. The minimum absolute atomic E-state index is 0.0961. The topological polar surface area (TPSA) is 45.7 Å². The van der Waals surface area contributed by atoms with Crippen molar-refractivity contribution in [3.63, 3.8) is 0 Å². The maximum atomic E-state index is 12.3. The number of halogens is 1. The van der Waals surface area contributed by atoms with Crippen molar-refractivity contribution < 1.29 is 10.1 Å². The normalized spacial score (nSPS) is 11.8. The van der Waals surface area contributed by atoms with Crippen LogP contribution in [0.15, 0.2) is 78.9 Å². The fraction of sp³-hybridized carbons (Fsp3) is 0.136. The third kappa shape index (κ3) is 4.94. The summed E-state index contributed by atoms with van der Waals surface area (Å²) in [5.74, 6) is -0.0961. The van der Waals surface area contributed by atoms with Gasteiger partial charge in [-0.15, -0.1) is 0 Å². The minimum Gasteiger partial charge on any atom is -0.337 e. The number of nitrogens with two attached hydrogens (primary N) is 1. The number of carbonyl (C=O) groups excluding carboxylic acids is 1. The van der Waals surface area contributed by atoms with Crippen LogP contribution in [0.3, 0.4) is 0 Å². The Morgan fingerprint density at radius 2 is 1.62 bits per heavy atom. The first-order chi connectivity index (χ1) is 12.6. The van der Waals surface area contributed by atoms with E-state index in [0.29, 0.717) is 11.6 Å². The Morgan fingerprint density at radius 1 is 0.962 bits per heavy atom. The molecule has 132 valence electrons. The van der Waals surface area contributed by atoms with Crippen LogP contribution in [0.4, 0.5) is 5.69 Å². The van der Waals surface area contributed by atoms with Gasteiger partial charge in [0, 0.05) is 27.4 Å². The van der Waals surface area contributed by atoms with Crippen molar-refractivity contribution in [2.24, 2.45) is 0 Å². The van der Waals surface area contributed by atoms with Crippen molar-refractivity contribution in [3.05, 3.63) is 101 Å². The summed E-state index contributed by atoms with van der Waals surface area (Å²) in [5.41, 5.74) is 3.88. The van der Waals surface area contributed by atoms with E-state index in [4.69, 9.17) is 11.6 Å². The van der Waals surface area contributed by atoms with E-state index in [9.17, 15) is 4.79 Å². The highest BCUT2D eigenvalue weighted by atomic mass is 35.5. The molecule has 0 saturated heterocycles. The third-order valence-electron chi connectivity index (χ3n) is 4.35. The number of carbonyl (C=O) groups is 1. The van der Waals surface area contributed by atoms with Gasteiger partial charge in [-0.25, -0.2) is 0 Å². The zero-order valence-electron chi connectivity index (χ0n) is 14.7. The predicted molar refractivity (Wildman–Crippen MR) is 106 cm³/mol. The molecule has 0 aliphatic rings. The summed E-state index contributed by atoms with van der Waals surface area (Å²) in [6, 6.07) is 25.5. The van der Waals surface area contributed by atoms with Gasteiger partial charge in [-0.1, -0.05) is 54.1 Å². The summed E-state index contributed by atoms with van der Waals surface area (Å²) >= 11 is 5.94. The Hall–Kier alpha value is -2.62. The van der Waals surface area contributed by atoms with Crippen LogP contribution in [0, 0.1) is 0 Å². The average molecular weight is 366 g/mol. The van der Waals surface area contributed by atoms with Gasteiger partial charge in [0.1, 0.15) is 12.6 Å². The summed E-state index contributed by atoms with van der Waals surface area (Å²) < 4.78 is 0. The molecular formula is C22H22ClN2O+. The molecule has 3 N–H and O–H groups in total. The van der Waals surface area contributed by atoms with Crippen LogP contribution in [-0.4, -0.2) is 5.91 Å². The van der Waals surface area contributed by atoms with E-state index in [0.717, 1.165) is 17.3 Å². The number of hydrogen-bond acceptors (Lipinski definition) is 1. The molecule has 1 atom stereocenters. The smallest absolute Gasteiger partial charge is 0.255 e. The van der Waals surface area contributed by atoms with Crippen LogP contribution >= 0.6 is 11.6 Å². The fourth-order valence-electron chi connectivity index (χ4n) is 2.73. The van der Waals surface area contributed by atoms with Gasteiger partial charge in [-0.2, -0.15) is 0 Å². The van der Waals surface area contributed by atoms with Gasteiger partial charge in [-0.05, 0) is 43.3 Å². The molecule has 3 rings (SSSR count). The van der Waals surface area contributed by atoms with Gasteiger partial charge in [0.15, 0.2) is 0 Å². The number of amides is 1. The Balaban J connectivity index is 1.55. The van der Waals surface area contributed by atoms with Crippen LogP contribution in [0.25, 0.3) is 0 Å². The molecule has 0 spiro atoms. The molecule has 0 aliphatic heterocycles. The van der Waals surface area contributed by atoms with Crippen molar-refractivity contribution in [2.45, 2.75) is 19.5 Å². The molecule has 4 heteroatoms. The molecule has 3 aromatic rings. The average Bonchev–Trinajstić information content (AvgIpc) is 2.68. The molecule has 0 saturated carbocycles. The van der Waals surface area contributed by atoms with Crippen LogP contribution in [0.2, 0.25) is 5.02 Å². The van der Waals surface area contributed by atoms with Crippen molar-refractivity contribution in [3.8, 4) is 0 Å². The van der Waals surface area contributed by atoms with Crippen molar-refractivity contribution >= 4 is 23.2 Å². The van der Waals surface area contributed by atoms with Gasteiger partial charge in [0.2, 0.25) is 0 Å². The first-order valence-corrected chi connectivity index (χ1v) is 9.04. The molecule has 1 amide bonds. The first kappa shape index (κ1) is 18.2. The summed E-state index contributed by atoms with van der Waals surface area (Å²) in [5, 5.41) is 5.92. The standard InChI is InChI=1S/C22H21ClN2O/c1-16(18-11-13-20(23)14-12-18)24-15-17-7-9-19(10-8-17)22(26)25-21-5-3-2-4-6-21/h2-14,16,24H,15H2,1H3,(H,25,26)/p+1/t16-/m1/s1. The second-order valence-electron chi connectivity index (χ2n) is 6.30. The SMILES string of the molecule is C[C@@H]([NH2+]Cc1ccc(C(=O)Nc2ccccc2)cc1)c1ccc(Cl)cc1. The van der Waals surface area contributed by atoms with E-state index in [1.165, 1.54) is 11.1 Å². The lowest BCUT2D eigenvalue weighted by Crippen LogP contribution is -2.83. The number of nitrogens with one attached hydrogen (secondary N) is 1. The zero-order valence-corrected chi connectivity index (χ0v) is 15.4. The third-order valence-corrected chi connectivity index (χ3v) is 4.60. The van der Waals surface area contributed by atoms with Crippen LogP contribution in [0.5, 0.6) is 0 Å². The second-order valence-corrected chi connectivity index (χ2v) is 6.73. The number of anilines is 1. The van der Waals surface area contributed by atoms with Gasteiger partial charge in [0.05, 0.1) is 0 Å². The summed E-state index contributed by atoms with van der Waals surface area (Å²) in [4.78, 5) is 12.3. The van der Waals surface area contributed by atoms with Crippen LogP contribution in [-0.2, 0) is 6.54 Å². The molecule has 0 unspecified atom stereocenters. The van der Waals surface area contributed by atoms with Crippen molar-refractivity contribution in [1.29, 1.82) is 0 Å². The maximum absolute atomic E-state index is 12.3. The highest BCUT2D eigenvalue weighted by molar-refractivity contribution is 6.30. The van der Waals surface area contributed by atoms with Crippen molar-refractivity contribution in [1.82, 2.24) is 0 Å². The molecule has 3 aromatic carbocycles. The molecule has 0 fully saturated rings. The number of rotatable bonds is 6. The minimum atomic E-state index is -0.0961. The van der Waals surface area contributed by atoms with Crippen LogP contribution in [0.1, 0.15) is 34.5 Å². The van der Waals surface area contributed by atoms with E-state index >= 15 is 0 Å². The molecule has 26 heavy (non-hydrogen) atoms. The summed E-state index contributed by atoms with van der Waals surface area (Å²) in [6.07, 6.45) is 0. The Kier molecular flexibility index (Phi) is 6.05. The van der Waals surface area contributed by atoms with E-state index in [1.54, 1.807) is 0 Å². The quantitative estimate of drug-likeness (QED) is 0.667. The Morgan fingerprint density at radius 3 is 2.27 bits per heavy atom. The summed E-state index contributed by atoms with van der Waals surface area (Å²) in [7, 11) is 0. The molecule has 0 heterocycles. The zero-order chi connectivity index (χ0) is 18.4. The van der Waals surface area contributed by atoms with Gasteiger partial charge >= 0.3 is 0 Å². The molecule has 0 aliphatic carbocycles. The van der Waals surface area contributed by atoms with E-state index < -0.39 is 0 Å². The predicted octanol–water partition coefficient (Wildman–Crippen LogP) is 4.42. The lowest BCUT2D eigenvalue weighted by atomic mass is 10.1. The number of benzene rings is 3. The van der Waals surface area contributed by atoms with Gasteiger partial charge in [0.25, 0.3) is 5.91 Å². The second kappa shape index (κ2) is 8.65. The Labute approximate surface area is 159 Å². The van der Waals surface area contributed by atoms with E-state index in [2.05, 4.69) is 29.7 Å². The highest BCUT2D eigenvalue weighted by Gasteiger charge is 2.10. The molecule has 0 aromatic heterocycles. The fourth-order valence-corrected chi connectivity index (χ4v) is 2.86. The molecular weight excluding hydrogens is 344 g/mol. The first-order valence-electron chi connectivity index (χ1n) is 8.66. The Bertz CT molecular complexity index is 846. The van der Waals surface area contributed by atoms with E-state index in [1.807, 2.05) is 66.7 Å². The number of quaternary nitrogens is 1. The lowest BCUT2D eigenvalue weighted by Gasteiger charge is -2.11. The number of hydrogen-bond donors (Lipinski definition) is 2. The van der Waals surface area contributed by atoms with Gasteiger partial charge in [-0.3, -0.25) is 4.79 Å². The molecule has 0 bridgehead atoms. The largest absolute Gasteiger partial charge is 0.337 e. The molecule has 0 radical (unpaired) electrons. The van der Waals surface area contributed by atoms with Crippen LogP contribution < -0.4 is 10.6 Å². The lowest BCUT2D eigenvalue weighted by molar-refractivity contribution is -0.707. The molecule has 3 nitrogen and oxygen atoms in total. The van der Waals surface area contributed by atoms with E-state index in [-0.39, 0.29) is 5.91 Å². The summed E-state index contributed by atoms with van der Waals surface area (Å²) in [6.45, 7) is 3.02. The highest BCUT2D eigenvalue weighted by Crippen LogP contribution is 2.14. The maximum Gasteiger partial charge on any atom is 0.255 e. The van der Waals surface area contributed by atoms with Gasteiger partial charge < -0.3 is 10.6 Å². The monoisotopic (exact) mass is 365 g/mol.